The Morgan fingerprint density at radius 2 is 2.10 bits per heavy atom. The SMILES string of the molecule is CCc1cc(C(=O)NC2CC3CCC(C2)N3)n(CC)n1. The van der Waals surface area contributed by atoms with Crippen molar-refractivity contribution in [2.45, 2.75) is 70.6 Å². The average Bonchev–Trinajstić information content (AvgIpc) is 3.02. The predicted octanol–water partition coefficient (Wildman–Crippen LogP) is 1.48. The second kappa shape index (κ2) is 5.56. The lowest BCUT2D eigenvalue weighted by molar-refractivity contribution is 0.0913. The van der Waals surface area contributed by atoms with E-state index in [0.717, 1.165) is 31.5 Å². The predicted molar refractivity (Wildman–Crippen MR) is 77.7 cm³/mol. The van der Waals surface area contributed by atoms with Gasteiger partial charge in [-0.15, -0.1) is 0 Å². The summed E-state index contributed by atoms with van der Waals surface area (Å²) in [6.45, 7) is 4.82. The van der Waals surface area contributed by atoms with Gasteiger partial charge in [0.2, 0.25) is 0 Å². The topological polar surface area (TPSA) is 59.0 Å². The van der Waals surface area contributed by atoms with Crippen molar-refractivity contribution >= 4 is 5.91 Å². The van der Waals surface area contributed by atoms with Gasteiger partial charge >= 0.3 is 0 Å². The molecular weight excluding hydrogens is 252 g/mol. The van der Waals surface area contributed by atoms with Crippen LogP contribution in [0.3, 0.4) is 0 Å². The molecule has 2 atom stereocenters. The molecule has 2 bridgehead atoms. The summed E-state index contributed by atoms with van der Waals surface area (Å²) in [7, 11) is 0. The van der Waals surface area contributed by atoms with Gasteiger partial charge in [-0.25, -0.2) is 0 Å². The van der Waals surface area contributed by atoms with E-state index in [1.807, 2.05) is 17.7 Å². The van der Waals surface area contributed by atoms with Gasteiger partial charge in [0, 0.05) is 24.7 Å². The fourth-order valence-corrected chi connectivity index (χ4v) is 3.50. The Hall–Kier alpha value is -1.36. The highest BCUT2D eigenvalue weighted by Crippen LogP contribution is 2.26. The minimum absolute atomic E-state index is 0.0327. The zero-order chi connectivity index (χ0) is 14.1. The van der Waals surface area contributed by atoms with E-state index in [1.165, 1.54) is 12.8 Å². The Labute approximate surface area is 120 Å². The van der Waals surface area contributed by atoms with Crippen LogP contribution in [0.25, 0.3) is 0 Å². The molecule has 1 amide bonds. The number of nitrogens with one attached hydrogen (secondary N) is 2. The van der Waals surface area contributed by atoms with Gasteiger partial charge in [-0.05, 0) is 45.1 Å². The second-order valence-electron chi connectivity index (χ2n) is 5.97. The number of hydrogen-bond acceptors (Lipinski definition) is 3. The number of carbonyl (C=O) groups is 1. The lowest BCUT2D eigenvalue weighted by Crippen LogP contribution is -2.48. The highest BCUT2D eigenvalue weighted by molar-refractivity contribution is 5.92. The molecule has 2 unspecified atom stereocenters. The Morgan fingerprint density at radius 1 is 1.40 bits per heavy atom. The molecule has 0 saturated carbocycles. The van der Waals surface area contributed by atoms with Gasteiger partial charge in [-0.1, -0.05) is 6.92 Å². The molecule has 0 spiro atoms. The first-order valence-electron chi connectivity index (χ1n) is 7.83. The van der Waals surface area contributed by atoms with Crippen LogP contribution in [0.4, 0.5) is 0 Å². The van der Waals surface area contributed by atoms with E-state index < -0.39 is 0 Å². The number of nitrogens with zero attached hydrogens (tertiary/aromatic N) is 2. The lowest BCUT2D eigenvalue weighted by atomic mass is 10.00. The maximum absolute atomic E-state index is 12.5. The highest BCUT2D eigenvalue weighted by atomic mass is 16.2. The Morgan fingerprint density at radius 3 is 2.70 bits per heavy atom. The summed E-state index contributed by atoms with van der Waals surface area (Å²) in [4.78, 5) is 12.5. The normalized spacial score (nSPS) is 28.6. The number of carbonyl (C=O) groups excluding carboxylic acids is 1. The summed E-state index contributed by atoms with van der Waals surface area (Å²) in [5, 5.41) is 11.3. The fraction of sp³-hybridized carbons (Fsp3) is 0.733. The summed E-state index contributed by atoms with van der Waals surface area (Å²) in [5.41, 5.74) is 1.69. The first-order valence-corrected chi connectivity index (χ1v) is 7.83. The molecular formula is C15H24N4O. The maximum atomic E-state index is 12.5. The van der Waals surface area contributed by atoms with E-state index in [1.54, 1.807) is 0 Å². The monoisotopic (exact) mass is 276 g/mol. The molecule has 2 aliphatic heterocycles. The molecule has 5 nitrogen and oxygen atoms in total. The summed E-state index contributed by atoms with van der Waals surface area (Å²) >= 11 is 0. The van der Waals surface area contributed by atoms with E-state index in [4.69, 9.17) is 0 Å². The third-order valence-corrected chi connectivity index (χ3v) is 4.53. The molecule has 0 radical (unpaired) electrons. The molecule has 3 rings (SSSR count). The van der Waals surface area contributed by atoms with Crippen molar-refractivity contribution in [3.05, 3.63) is 17.5 Å². The number of hydrogen-bond donors (Lipinski definition) is 2. The van der Waals surface area contributed by atoms with Crippen LogP contribution >= 0.6 is 0 Å². The van der Waals surface area contributed by atoms with E-state index in [-0.39, 0.29) is 5.91 Å². The third-order valence-electron chi connectivity index (χ3n) is 4.53. The van der Waals surface area contributed by atoms with Gasteiger partial charge in [0.25, 0.3) is 5.91 Å². The summed E-state index contributed by atoms with van der Waals surface area (Å²) in [5.74, 6) is 0.0327. The van der Waals surface area contributed by atoms with Gasteiger partial charge in [-0.2, -0.15) is 5.10 Å². The molecule has 1 aromatic rings. The van der Waals surface area contributed by atoms with Gasteiger partial charge in [0.15, 0.2) is 0 Å². The molecule has 110 valence electrons. The zero-order valence-corrected chi connectivity index (χ0v) is 12.4. The summed E-state index contributed by atoms with van der Waals surface area (Å²) in [6, 6.07) is 3.43. The number of rotatable bonds is 4. The van der Waals surface area contributed by atoms with E-state index >= 15 is 0 Å². The summed E-state index contributed by atoms with van der Waals surface area (Å²) < 4.78 is 1.81. The largest absolute Gasteiger partial charge is 0.348 e. The first kappa shape index (κ1) is 13.6. The molecule has 1 aromatic heterocycles. The van der Waals surface area contributed by atoms with Gasteiger partial charge in [0.1, 0.15) is 5.69 Å². The van der Waals surface area contributed by atoms with Gasteiger partial charge in [-0.3, -0.25) is 9.48 Å². The Bertz CT molecular complexity index is 484. The fourth-order valence-electron chi connectivity index (χ4n) is 3.50. The van der Waals surface area contributed by atoms with Crippen LogP contribution in [0.2, 0.25) is 0 Å². The number of aryl methyl sites for hydroxylation is 2. The van der Waals surface area contributed by atoms with Gasteiger partial charge in [0.05, 0.1) is 5.69 Å². The average molecular weight is 276 g/mol. The molecule has 3 heterocycles. The van der Waals surface area contributed by atoms with Crippen LogP contribution in [0, 0.1) is 0 Å². The van der Waals surface area contributed by atoms with Crippen LogP contribution in [0.1, 0.15) is 55.7 Å². The minimum atomic E-state index is 0.0327. The van der Waals surface area contributed by atoms with Crippen LogP contribution in [-0.2, 0) is 13.0 Å². The van der Waals surface area contributed by atoms with E-state index in [2.05, 4.69) is 22.7 Å². The van der Waals surface area contributed by atoms with Crippen LogP contribution in [-0.4, -0.2) is 33.8 Å². The highest BCUT2D eigenvalue weighted by Gasteiger charge is 2.34. The van der Waals surface area contributed by atoms with Gasteiger partial charge < -0.3 is 10.6 Å². The zero-order valence-electron chi connectivity index (χ0n) is 12.4. The maximum Gasteiger partial charge on any atom is 0.269 e. The third kappa shape index (κ3) is 2.59. The van der Waals surface area contributed by atoms with Crippen LogP contribution < -0.4 is 10.6 Å². The van der Waals surface area contributed by atoms with Crippen molar-refractivity contribution in [1.29, 1.82) is 0 Å². The molecule has 0 aliphatic carbocycles. The van der Waals surface area contributed by atoms with Crippen molar-refractivity contribution in [2.24, 2.45) is 0 Å². The van der Waals surface area contributed by atoms with E-state index in [0.29, 0.717) is 23.8 Å². The van der Waals surface area contributed by atoms with Crippen LogP contribution in [0.15, 0.2) is 6.07 Å². The number of piperidine rings is 1. The van der Waals surface area contributed by atoms with Crippen LogP contribution in [0.5, 0.6) is 0 Å². The smallest absolute Gasteiger partial charge is 0.269 e. The number of amides is 1. The number of aromatic nitrogens is 2. The standard InChI is InChI=1S/C15H24N4O/c1-3-10-9-14(19(4-2)18-10)15(20)17-13-7-11-5-6-12(8-13)16-11/h9,11-13,16H,3-8H2,1-2H3,(H,17,20). The first-order chi connectivity index (χ1) is 9.69. The van der Waals surface area contributed by atoms with Crippen molar-refractivity contribution in [1.82, 2.24) is 20.4 Å². The van der Waals surface area contributed by atoms with Crippen molar-refractivity contribution < 1.29 is 4.79 Å². The second-order valence-corrected chi connectivity index (χ2v) is 5.97. The molecule has 5 heteroatoms. The molecule has 2 saturated heterocycles. The molecule has 2 fully saturated rings. The number of fused-ring (bicyclic) bond motifs is 2. The lowest BCUT2D eigenvalue weighted by Gasteiger charge is -2.29. The van der Waals surface area contributed by atoms with Crippen molar-refractivity contribution in [2.75, 3.05) is 0 Å². The molecule has 20 heavy (non-hydrogen) atoms. The quantitative estimate of drug-likeness (QED) is 0.875. The molecule has 2 N–H and O–H groups in total. The van der Waals surface area contributed by atoms with Crippen molar-refractivity contribution in [3.63, 3.8) is 0 Å². The summed E-state index contributed by atoms with van der Waals surface area (Å²) in [6.07, 6.45) is 5.49. The van der Waals surface area contributed by atoms with E-state index in [9.17, 15) is 4.79 Å². The molecule has 2 aliphatic rings. The minimum Gasteiger partial charge on any atom is -0.348 e. The molecule has 0 aromatic carbocycles. The Balaban J connectivity index is 1.68. The van der Waals surface area contributed by atoms with Crippen molar-refractivity contribution in [3.8, 4) is 0 Å². The Kier molecular flexibility index (Phi) is 3.78.